The van der Waals surface area contributed by atoms with Crippen LogP contribution in [0, 0.1) is 5.82 Å². The third-order valence-electron chi connectivity index (χ3n) is 5.02. The first-order valence-corrected chi connectivity index (χ1v) is 8.95. The number of aromatic amines is 1. The quantitative estimate of drug-likeness (QED) is 0.723. The van der Waals surface area contributed by atoms with Crippen molar-refractivity contribution < 1.29 is 14.0 Å². The highest BCUT2D eigenvalue weighted by atomic mass is 19.1. The van der Waals surface area contributed by atoms with Crippen LogP contribution in [0.2, 0.25) is 0 Å². The Kier molecular flexibility index (Phi) is 4.39. The van der Waals surface area contributed by atoms with Crippen molar-refractivity contribution in [1.82, 2.24) is 9.88 Å². The number of rotatable bonds is 3. The van der Waals surface area contributed by atoms with E-state index in [9.17, 15) is 14.0 Å². The van der Waals surface area contributed by atoms with Crippen LogP contribution in [-0.2, 0) is 0 Å². The number of carbonyl (C=O) groups excluding carboxylic acids is 2. The summed E-state index contributed by atoms with van der Waals surface area (Å²) in [7, 11) is 0. The Bertz CT molecular complexity index is 986. The molecule has 0 unspecified atom stereocenters. The lowest BCUT2D eigenvalue weighted by Crippen LogP contribution is -2.49. The minimum absolute atomic E-state index is 0.0433. The summed E-state index contributed by atoms with van der Waals surface area (Å²) < 4.78 is 14.4. The number of carbonyl (C=O) groups is 2. The molecule has 2 aromatic carbocycles. The molecule has 1 amide bonds. The lowest BCUT2D eigenvalue weighted by atomic mass is 10.1. The van der Waals surface area contributed by atoms with Crippen LogP contribution < -0.4 is 4.90 Å². The van der Waals surface area contributed by atoms with Crippen molar-refractivity contribution in [3.63, 3.8) is 0 Å². The fourth-order valence-corrected chi connectivity index (χ4v) is 3.49. The first-order valence-electron chi connectivity index (χ1n) is 8.95. The number of hydrogen-bond donors (Lipinski definition) is 1. The molecule has 0 atom stereocenters. The van der Waals surface area contributed by atoms with Gasteiger partial charge in [-0.1, -0.05) is 18.2 Å². The second-order valence-corrected chi connectivity index (χ2v) is 6.77. The Hall–Kier alpha value is -3.15. The molecule has 27 heavy (non-hydrogen) atoms. The normalized spacial score (nSPS) is 14.6. The minimum atomic E-state index is -0.405. The van der Waals surface area contributed by atoms with E-state index in [2.05, 4.69) is 4.98 Å². The van der Waals surface area contributed by atoms with E-state index in [1.54, 1.807) is 17.0 Å². The summed E-state index contributed by atoms with van der Waals surface area (Å²) in [5, 5.41) is 1.01. The van der Waals surface area contributed by atoms with Crippen LogP contribution in [0.25, 0.3) is 10.9 Å². The van der Waals surface area contributed by atoms with Crippen LogP contribution in [0.4, 0.5) is 10.1 Å². The summed E-state index contributed by atoms with van der Waals surface area (Å²) in [4.78, 5) is 31.0. The molecule has 0 spiro atoms. The van der Waals surface area contributed by atoms with Crippen LogP contribution in [0.1, 0.15) is 27.8 Å². The second-order valence-electron chi connectivity index (χ2n) is 6.77. The van der Waals surface area contributed by atoms with Crippen LogP contribution in [-0.4, -0.2) is 47.8 Å². The zero-order valence-corrected chi connectivity index (χ0v) is 15.0. The van der Waals surface area contributed by atoms with Gasteiger partial charge in [0.05, 0.1) is 5.69 Å². The van der Waals surface area contributed by atoms with Gasteiger partial charge >= 0.3 is 0 Å². The number of halogens is 1. The van der Waals surface area contributed by atoms with Gasteiger partial charge in [0.2, 0.25) is 0 Å². The second kappa shape index (κ2) is 6.87. The van der Waals surface area contributed by atoms with E-state index in [0.717, 1.165) is 10.9 Å². The SMILES string of the molecule is CC(=O)c1ccc(N2CCN(C(=O)c3cc4ccccc4[nH]3)CC2)c(F)c1. The van der Waals surface area contributed by atoms with E-state index >= 15 is 0 Å². The van der Waals surface area contributed by atoms with Crippen LogP contribution in [0.5, 0.6) is 0 Å². The molecule has 138 valence electrons. The first-order chi connectivity index (χ1) is 13.0. The van der Waals surface area contributed by atoms with Gasteiger partial charge in [0, 0.05) is 42.6 Å². The molecule has 6 heteroatoms. The summed E-state index contributed by atoms with van der Waals surface area (Å²) in [6.45, 7) is 3.54. The largest absolute Gasteiger partial charge is 0.366 e. The Morgan fingerprint density at radius 2 is 1.74 bits per heavy atom. The fraction of sp³-hybridized carbons (Fsp3) is 0.238. The first kappa shape index (κ1) is 17.3. The van der Waals surface area contributed by atoms with Gasteiger partial charge in [-0.2, -0.15) is 0 Å². The van der Waals surface area contributed by atoms with Crippen molar-refractivity contribution in [1.29, 1.82) is 0 Å². The summed E-state index contributed by atoms with van der Waals surface area (Å²) in [6.07, 6.45) is 0. The van der Waals surface area contributed by atoms with Crippen molar-refractivity contribution in [2.45, 2.75) is 6.92 Å². The highest BCUT2D eigenvalue weighted by molar-refractivity contribution is 5.98. The van der Waals surface area contributed by atoms with Gasteiger partial charge in [0.25, 0.3) is 5.91 Å². The molecule has 1 aliphatic rings. The highest BCUT2D eigenvalue weighted by Crippen LogP contribution is 2.23. The minimum Gasteiger partial charge on any atom is -0.366 e. The number of ketones is 1. The molecule has 0 bridgehead atoms. The number of nitrogens with zero attached hydrogens (tertiary/aromatic N) is 2. The van der Waals surface area contributed by atoms with Crippen LogP contribution in [0.15, 0.2) is 48.5 Å². The molecule has 3 aromatic rings. The molecule has 1 aliphatic heterocycles. The number of anilines is 1. The average Bonchev–Trinajstić information content (AvgIpc) is 3.11. The number of nitrogens with one attached hydrogen (secondary N) is 1. The maximum Gasteiger partial charge on any atom is 0.270 e. The number of Topliss-reactive ketones (excluding diaryl/α,β-unsaturated/α-hetero) is 1. The Balaban J connectivity index is 1.45. The van der Waals surface area contributed by atoms with Crippen molar-refractivity contribution in [2.24, 2.45) is 0 Å². The molecule has 1 saturated heterocycles. The average molecular weight is 365 g/mol. The molecule has 1 fully saturated rings. The maximum absolute atomic E-state index is 14.4. The number of fused-ring (bicyclic) bond motifs is 1. The van der Waals surface area contributed by atoms with Gasteiger partial charge in [-0.3, -0.25) is 9.59 Å². The van der Waals surface area contributed by atoms with E-state index in [0.29, 0.717) is 43.1 Å². The molecule has 0 radical (unpaired) electrons. The monoisotopic (exact) mass is 365 g/mol. The molecule has 4 rings (SSSR count). The van der Waals surface area contributed by atoms with Crippen molar-refractivity contribution >= 4 is 28.3 Å². The van der Waals surface area contributed by atoms with E-state index in [1.807, 2.05) is 35.2 Å². The van der Waals surface area contributed by atoms with Gasteiger partial charge in [-0.05, 0) is 37.3 Å². The lowest BCUT2D eigenvalue weighted by Gasteiger charge is -2.36. The summed E-state index contributed by atoms with van der Waals surface area (Å²) >= 11 is 0. The number of amides is 1. The zero-order valence-electron chi connectivity index (χ0n) is 15.0. The summed E-state index contributed by atoms with van der Waals surface area (Å²) in [5.74, 6) is -0.606. The smallest absolute Gasteiger partial charge is 0.270 e. The predicted octanol–water partition coefficient (Wildman–Crippen LogP) is 3.47. The van der Waals surface area contributed by atoms with Gasteiger partial charge < -0.3 is 14.8 Å². The summed E-state index contributed by atoms with van der Waals surface area (Å²) in [5.41, 5.74) is 2.34. The maximum atomic E-state index is 14.4. The highest BCUT2D eigenvalue weighted by Gasteiger charge is 2.24. The van der Waals surface area contributed by atoms with Crippen molar-refractivity contribution in [3.8, 4) is 0 Å². The number of para-hydroxylation sites is 1. The molecule has 5 nitrogen and oxygen atoms in total. The topological polar surface area (TPSA) is 56.4 Å². The van der Waals surface area contributed by atoms with Gasteiger partial charge in [0.15, 0.2) is 5.78 Å². The van der Waals surface area contributed by atoms with E-state index < -0.39 is 5.82 Å². The number of aromatic nitrogens is 1. The Labute approximate surface area is 156 Å². The molecule has 2 heterocycles. The van der Waals surface area contributed by atoms with E-state index in [1.165, 1.54) is 13.0 Å². The lowest BCUT2D eigenvalue weighted by molar-refractivity contribution is 0.0741. The third-order valence-corrected chi connectivity index (χ3v) is 5.02. The Morgan fingerprint density at radius 3 is 2.41 bits per heavy atom. The van der Waals surface area contributed by atoms with Crippen molar-refractivity contribution in [2.75, 3.05) is 31.1 Å². The molecule has 0 saturated carbocycles. The standard InChI is InChI=1S/C21H20FN3O2/c1-14(26)15-6-7-20(17(22)12-15)24-8-10-25(11-9-24)21(27)19-13-16-4-2-3-5-18(16)23-19/h2-7,12-13,23H,8-11H2,1H3. The van der Waals surface area contributed by atoms with E-state index in [4.69, 9.17) is 0 Å². The molecular formula is C21H20FN3O2. The molecule has 1 N–H and O–H groups in total. The number of benzene rings is 2. The van der Waals surface area contributed by atoms with Gasteiger partial charge in [-0.15, -0.1) is 0 Å². The summed E-state index contributed by atoms with van der Waals surface area (Å²) in [6, 6.07) is 14.2. The number of piperazine rings is 1. The Morgan fingerprint density at radius 1 is 1.00 bits per heavy atom. The molecular weight excluding hydrogens is 345 g/mol. The predicted molar refractivity (Wildman–Crippen MR) is 103 cm³/mol. The number of hydrogen-bond acceptors (Lipinski definition) is 3. The van der Waals surface area contributed by atoms with E-state index in [-0.39, 0.29) is 11.7 Å². The van der Waals surface area contributed by atoms with Crippen molar-refractivity contribution in [3.05, 3.63) is 65.6 Å². The third kappa shape index (κ3) is 3.30. The van der Waals surface area contributed by atoms with Crippen LogP contribution >= 0.6 is 0 Å². The van der Waals surface area contributed by atoms with Gasteiger partial charge in [-0.25, -0.2) is 4.39 Å². The molecule has 0 aliphatic carbocycles. The zero-order chi connectivity index (χ0) is 19.0. The number of H-pyrrole nitrogens is 1. The molecule has 1 aromatic heterocycles. The van der Waals surface area contributed by atoms with Gasteiger partial charge in [0.1, 0.15) is 11.5 Å². The fourth-order valence-electron chi connectivity index (χ4n) is 3.49. The van der Waals surface area contributed by atoms with Crippen LogP contribution in [0.3, 0.4) is 0 Å².